The lowest BCUT2D eigenvalue weighted by atomic mass is 9.89. The Morgan fingerprint density at radius 3 is 2.60 bits per heavy atom. The van der Waals surface area contributed by atoms with Gasteiger partial charge < -0.3 is 0 Å². The molecule has 7 heteroatoms. The van der Waals surface area contributed by atoms with Crippen molar-refractivity contribution in [3.63, 3.8) is 0 Å². The number of piperidine rings is 1. The first-order chi connectivity index (χ1) is 9.21. The fourth-order valence-corrected chi connectivity index (χ4v) is 2.37. The highest BCUT2D eigenvalue weighted by molar-refractivity contribution is 6.36. The summed E-state index contributed by atoms with van der Waals surface area (Å²) >= 11 is 6.15. The highest BCUT2D eigenvalue weighted by Crippen LogP contribution is 2.33. The number of carbonyl (C=O) groups is 2. The Morgan fingerprint density at radius 2 is 2.00 bits per heavy atom. The summed E-state index contributed by atoms with van der Waals surface area (Å²) in [6, 6.07) is 4.66. The van der Waals surface area contributed by atoms with E-state index in [0.29, 0.717) is 5.56 Å². The third-order valence-corrected chi connectivity index (χ3v) is 3.64. The molecule has 0 bridgehead atoms. The van der Waals surface area contributed by atoms with Crippen LogP contribution in [0.5, 0.6) is 0 Å². The number of hydrogen-bond donors (Lipinski definition) is 1. The Balaban J connectivity index is 2.21. The van der Waals surface area contributed by atoms with Crippen LogP contribution >= 0.6 is 11.6 Å². The molecular weight excluding hydrogens is 295 g/mol. The third kappa shape index (κ3) is 3.12. The molecule has 2 rings (SSSR count). The third-order valence-electron chi connectivity index (χ3n) is 3.15. The summed E-state index contributed by atoms with van der Waals surface area (Å²) in [5.74, 6) is -1.08. The molecular formula is C13H11ClF3NO2. The highest BCUT2D eigenvalue weighted by Gasteiger charge is 2.41. The molecule has 108 valence electrons. The molecule has 1 fully saturated rings. The molecule has 1 aliphatic rings. The fourth-order valence-electron chi connectivity index (χ4n) is 2.08. The zero-order valence-electron chi connectivity index (χ0n) is 10.3. The molecule has 0 aliphatic carbocycles. The van der Waals surface area contributed by atoms with Crippen LogP contribution in [0.3, 0.4) is 0 Å². The van der Waals surface area contributed by atoms with Crippen LogP contribution in [-0.2, 0) is 22.2 Å². The average Bonchev–Trinajstić information content (AvgIpc) is 2.34. The van der Waals surface area contributed by atoms with Gasteiger partial charge in [0.1, 0.15) is 4.87 Å². The maximum absolute atomic E-state index is 12.6. The minimum atomic E-state index is -4.44. The van der Waals surface area contributed by atoms with Gasteiger partial charge in [0, 0.05) is 12.8 Å². The lowest BCUT2D eigenvalue weighted by molar-refractivity contribution is -0.137. The zero-order valence-corrected chi connectivity index (χ0v) is 11.0. The molecule has 0 aromatic heterocycles. The number of halogens is 4. The van der Waals surface area contributed by atoms with E-state index in [1.165, 1.54) is 12.1 Å². The Kier molecular flexibility index (Phi) is 3.77. The molecule has 1 unspecified atom stereocenters. The minimum Gasteiger partial charge on any atom is -0.295 e. The van der Waals surface area contributed by atoms with Crippen LogP contribution in [0.15, 0.2) is 24.3 Å². The first-order valence-corrected chi connectivity index (χ1v) is 6.28. The first-order valence-electron chi connectivity index (χ1n) is 5.90. The Bertz CT molecular complexity index is 559. The number of carbonyl (C=O) groups excluding carboxylic acids is 2. The lowest BCUT2D eigenvalue weighted by Crippen LogP contribution is -2.51. The van der Waals surface area contributed by atoms with Gasteiger partial charge in [0.25, 0.3) is 0 Å². The molecule has 0 radical (unpaired) electrons. The second-order valence-corrected chi connectivity index (χ2v) is 5.44. The van der Waals surface area contributed by atoms with Gasteiger partial charge in [0.2, 0.25) is 11.8 Å². The number of nitrogens with one attached hydrogen (secondary N) is 1. The molecule has 1 heterocycles. The fraction of sp³-hybridized carbons (Fsp3) is 0.385. The Hall–Kier alpha value is -1.56. The predicted molar refractivity (Wildman–Crippen MR) is 66.1 cm³/mol. The van der Waals surface area contributed by atoms with Gasteiger partial charge in [-0.05, 0) is 18.1 Å². The molecule has 1 aromatic carbocycles. The smallest absolute Gasteiger partial charge is 0.295 e. The quantitative estimate of drug-likeness (QED) is 0.674. The van der Waals surface area contributed by atoms with Crippen LogP contribution in [0.2, 0.25) is 0 Å². The monoisotopic (exact) mass is 305 g/mol. The number of amides is 2. The maximum Gasteiger partial charge on any atom is 0.416 e. The van der Waals surface area contributed by atoms with Gasteiger partial charge in [-0.2, -0.15) is 13.2 Å². The van der Waals surface area contributed by atoms with Crippen LogP contribution in [0, 0.1) is 0 Å². The molecule has 0 saturated carbocycles. The SMILES string of the molecule is O=C1CCC(Cl)(Cc2cccc(C(F)(F)F)c2)C(=O)N1. The molecule has 2 amide bonds. The lowest BCUT2D eigenvalue weighted by Gasteiger charge is -2.29. The van der Waals surface area contributed by atoms with Crippen molar-refractivity contribution in [1.29, 1.82) is 0 Å². The van der Waals surface area contributed by atoms with Gasteiger partial charge in [-0.15, -0.1) is 11.6 Å². The van der Waals surface area contributed by atoms with Crippen molar-refractivity contribution in [3.05, 3.63) is 35.4 Å². The molecule has 1 aromatic rings. The number of hydrogen-bond acceptors (Lipinski definition) is 2. The summed E-state index contributed by atoms with van der Waals surface area (Å²) < 4.78 is 37.8. The van der Waals surface area contributed by atoms with Gasteiger partial charge in [-0.25, -0.2) is 0 Å². The van der Waals surface area contributed by atoms with Crippen molar-refractivity contribution in [2.75, 3.05) is 0 Å². The highest BCUT2D eigenvalue weighted by atomic mass is 35.5. The van der Waals surface area contributed by atoms with Crippen molar-refractivity contribution < 1.29 is 22.8 Å². The van der Waals surface area contributed by atoms with E-state index >= 15 is 0 Å². The summed E-state index contributed by atoms with van der Waals surface area (Å²) in [5, 5.41) is 2.10. The van der Waals surface area contributed by atoms with Gasteiger partial charge >= 0.3 is 6.18 Å². The first kappa shape index (κ1) is 14.8. The minimum absolute atomic E-state index is 0.0579. The number of alkyl halides is 4. The molecule has 20 heavy (non-hydrogen) atoms. The van der Waals surface area contributed by atoms with Crippen molar-refractivity contribution in [2.24, 2.45) is 0 Å². The number of rotatable bonds is 2. The summed E-state index contributed by atoms with van der Waals surface area (Å²) in [6.45, 7) is 0. The second kappa shape index (κ2) is 5.09. The number of benzene rings is 1. The van der Waals surface area contributed by atoms with Gasteiger partial charge in [0.05, 0.1) is 5.56 Å². The Labute approximate surface area is 118 Å². The van der Waals surface area contributed by atoms with Crippen LogP contribution in [-0.4, -0.2) is 16.7 Å². The molecule has 1 saturated heterocycles. The summed E-state index contributed by atoms with van der Waals surface area (Å²) in [6.07, 6.45) is -4.32. The summed E-state index contributed by atoms with van der Waals surface area (Å²) in [4.78, 5) is 21.4. The average molecular weight is 306 g/mol. The summed E-state index contributed by atoms with van der Waals surface area (Å²) in [5.41, 5.74) is -0.484. The standard InChI is InChI=1S/C13H11ClF3NO2/c14-12(5-4-10(19)18-11(12)20)7-8-2-1-3-9(6-8)13(15,16)17/h1-3,6H,4-5,7H2,(H,18,19,20). The molecule has 1 aliphatic heterocycles. The van der Waals surface area contributed by atoms with E-state index < -0.39 is 28.4 Å². The van der Waals surface area contributed by atoms with E-state index in [9.17, 15) is 22.8 Å². The van der Waals surface area contributed by atoms with Crippen molar-refractivity contribution in [2.45, 2.75) is 30.3 Å². The molecule has 1 atom stereocenters. The molecule has 3 nitrogen and oxygen atoms in total. The van der Waals surface area contributed by atoms with Crippen molar-refractivity contribution in [1.82, 2.24) is 5.32 Å². The van der Waals surface area contributed by atoms with E-state index in [1.54, 1.807) is 0 Å². The van der Waals surface area contributed by atoms with Gasteiger partial charge in [-0.3, -0.25) is 14.9 Å². The van der Waals surface area contributed by atoms with Crippen LogP contribution < -0.4 is 5.32 Å². The van der Waals surface area contributed by atoms with Crippen molar-refractivity contribution >= 4 is 23.4 Å². The Morgan fingerprint density at radius 1 is 1.30 bits per heavy atom. The second-order valence-electron chi connectivity index (χ2n) is 4.72. The van der Waals surface area contributed by atoms with Crippen LogP contribution in [0.4, 0.5) is 13.2 Å². The normalized spacial score (nSPS) is 23.6. The van der Waals surface area contributed by atoms with E-state index in [0.717, 1.165) is 12.1 Å². The number of imide groups is 1. The van der Waals surface area contributed by atoms with Crippen LogP contribution in [0.25, 0.3) is 0 Å². The van der Waals surface area contributed by atoms with Gasteiger partial charge in [-0.1, -0.05) is 18.2 Å². The van der Waals surface area contributed by atoms with Crippen LogP contribution in [0.1, 0.15) is 24.0 Å². The van der Waals surface area contributed by atoms with Gasteiger partial charge in [0.15, 0.2) is 0 Å². The van der Waals surface area contributed by atoms with E-state index in [2.05, 4.69) is 5.32 Å². The largest absolute Gasteiger partial charge is 0.416 e. The maximum atomic E-state index is 12.6. The topological polar surface area (TPSA) is 46.2 Å². The van der Waals surface area contributed by atoms with E-state index in [4.69, 9.17) is 11.6 Å². The molecule has 1 N–H and O–H groups in total. The van der Waals surface area contributed by atoms with Crippen molar-refractivity contribution in [3.8, 4) is 0 Å². The zero-order chi connectivity index (χ0) is 15.0. The van der Waals surface area contributed by atoms with E-state index in [1.807, 2.05) is 0 Å². The molecule has 0 spiro atoms. The predicted octanol–water partition coefficient (Wildman–Crippen LogP) is 2.66. The summed E-state index contributed by atoms with van der Waals surface area (Å²) in [7, 11) is 0. The van der Waals surface area contributed by atoms with E-state index in [-0.39, 0.29) is 19.3 Å².